The lowest BCUT2D eigenvalue weighted by Crippen LogP contribution is -2.30. The first-order chi connectivity index (χ1) is 9.40. The summed E-state index contributed by atoms with van der Waals surface area (Å²) in [6, 6.07) is 12.2. The lowest BCUT2D eigenvalue weighted by molar-refractivity contribution is 0.0981. The molecule has 2 aromatic rings. The molecule has 2 aromatic carbocycles. The number of hydrogen-bond acceptors (Lipinski definition) is 3. The third-order valence-corrected chi connectivity index (χ3v) is 4.67. The lowest BCUT2D eigenvalue weighted by atomic mass is 10.2. The average Bonchev–Trinajstić information content (AvgIpc) is 2.39. The van der Waals surface area contributed by atoms with Crippen molar-refractivity contribution < 1.29 is 13.2 Å². The third-order valence-electron chi connectivity index (χ3n) is 2.47. The number of amides is 1. The van der Waals surface area contributed by atoms with Crippen molar-refractivity contribution in [2.24, 2.45) is 0 Å². The summed E-state index contributed by atoms with van der Waals surface area (Å²) in [4.78, 5) is 11.9. The molecular formula is C13H9BrClNO3S. The van der Waals surface area contributed by atoms with E-state index in [4.69, 9.17) is 11.6 Å². The van der Waals surface area contributed by atoms with Crippen LogP contribution in [-0.2, 0) is 10.0 Å². The SMILES string of the molecule is O=C(NS(=O)(=O)c1ccc(Br)cc1)c1ccccc1Cl. The Morgan fingerprint density at radius 3 is 2.25 bits per heavy atom. The van der Waals surface area contributed by atoms with Gasteiger partial charge in [-0.3, -0.25) is 4.79 Å². The van der Waals surface area contributed by atoms with E-state index < -0.39 is 15.9 Å². The van der Waals surface area contributed by atoms with Crippen molar-refractivity contribution >= 4 is 43.5 Å². The van der Waals surface area contributed by atoms with E-state index in [1.807, 2.05) is 4.72 Å². The Balaban J connectivity index is 2.27. The van der Waals surface area contributed by atoms with Gasteiger partial charge in [-0.15, -0.1) is 0 Å². The number of benzene rings is 2. The van der Waals surface area contributed by atoms with Gasteiger partial charge in [-0.25, -0.2) is 13.1 Å². The Bertz CT molecular complexity index is 744. The summed E-state index contributed by atoms with van der Waals surface area (Å²) in [5.41, 5.74) is 0.106. The first-order valence-electron chi connectivity index (χ1n) is 5.47. The predicted molar refractivity (Wildman–Crippen MR) is 80.2 cm³/mol. The molecule has 0 saturated heterocycles. The normalized spacial score (nSPS) is 11.1. The van der Waals surface area contributed by atoms with Gasteiger partial charge in [0.05, 0.1) is 15.5 Å². The number of sulfonamides is 1. The van der Waals surface area contributed by atoms with Crippen molar-refractivity contribution in [2.45, 2.75) is 4.90 Å². The fourth-order valence-corrected chi connectivity index (χ4v) is 2.95. The molecule has 0 aliphatic heterocycles. The summed E-state index contributed by atoms with van der Waals surface area (Å²) >= 11 is 9.06. The molecule has 4 nitrogen and oxygen atoms in total. The molecule has 1 N–H and O–H groups in total. The molecule has 2 rings (SSSR count). The maximum atomic E-state index is 12.0. The Morgan fingerprint density at radius 1 is 1.05 bits per heavy atom. The van der Waals surface area contributed by atoms with Crippen LogP contribution in [0.3, 0.4) is 0 Å². The van der Waals surface area contributed by atoms with Crippen LogP contribution < -0.4 is 4.72 Å². The summed E-state index contributed by atoms with van der Waals surface area (Å²) in [6.07, 6.45) is 0. The smallest absolute Gasteiger partial charge is 0.266 e. The van der Waals surface area contributed by atoms with E-state index >= 15 is 0 Å². The standard InChI is InChI=1S/C13H9BrClNO3S/c14-9-5-7-10(8-6-9)20(18,19)16-13(17)11-3-1-2-4-12(11)15/h1-8H,(H,16,17). The summed E-state index contributed by atoms with van der Waals surface area (Å²) < 4.78 is 26.8. The fraction of sp³-hybridized carbons (Fsp3) is 0. The summed E-state index contributed by atoms with van der Waals surface area (Å²) in [5.74, 6) is -0.765. The van der Waals surface area contributed by atoms with Crippen LogP contribution in [0.5, 0.6) is 0 Å². The molecule has 0 atom stereocenters. The van der Waals surface area contributed by atoms with E-state index in [9.17, 15) is 13.2 Å². The molecule has 0 aliphatic rings. The van der Waals surface area contributed by atoms with Gasteiger partial charge in [0.2, 0.25) is 0 Å². The largest absolute Gasteiger partial charge is 0.268 e. The van der Waals surface area contributed by atoms with Crippen molar-refractivity contribution in [3.8, 4) is 0 Å². The molecule has 0 unspecified atom stereocenters. The molecule has 0 saturated carbocycles. The average molecular weight is 375 g/mol. The molecule has 0 radical (unpaired) electrons. The maximum Gasteiger partial charge on any atom is 0.266 e. The van der Waals surface area contributed by atoms with E-state index in [1.54, 1.807) is 24.3 Å². The summed E-state index contributed by atoms with van der Waals surface area (Å²) in [6.45, 7) is 0. The minimum Gasteiger partial charge on any atom is -0.268 e. The van der Waals surface area contributed by atoms with E-state index in [2.05, 4.69) is 15.9 Å². The molecule has 0 aliphatic carbocycles. The van der Waals surface area contributed by atoms with Crippen molar-refractivity contribution in [1.82, 2.24) is 4.72 Å². The van der Waals surface area contributed by atoms with E-state index in [-0.39, 0.29) is 15.5 Å². The number of carbonyl (C=O) groups excluding carboxylic acids is 1. The first kappa shape index (κ1) is 15.0. The lowest BCUT2D eigenvalue weighted by Gasteiger charge is -2.08. The molecule has 0 heterocycles. The predicted octanol–water partition coefficient (Wildman–Crippen LogP) is 3.22. The van der Waals surface area contributed by atoms with Gasteiger partial charge in [-0.2, -0.15) is 0 Å². The van der Waals surface area contributed by atoms with Crippen LogP contribution in [0.4, 0.5) is 0 Å². The van der Waals surface area contributed by atoms with Crippen LogP contribution in [0.1, 0.15) is 10.4 Å². The summed E-state index contributed by atoms with van der Waals surface area (Å²) in [5, 5.41) is 0.191. The first-order valence-corrected chi connectivity index (χ1v) is 8.13. The molecule has 0 aromatic heterocycles. The Hall–Kier alpha value is -1.37. The van der Waals surface area contributed by atoms with Gasteiger partial charge in [0.25, 0.3) is 15.9 Å². The Kier molecular flexibility index (Phi) is 4.47. The van der Waals surface area contributed by atoms with Crippen molar-refractivity contribution in [1.29, 1.82) is 0 Å². The highest BCUT2D eigenvalue weighted by molar-refractivity contribution is 9.10. The van der Waals surface area contributed by atoms with Gasteiger partial charge in [0.15, 0.2) is 0 Å². The number of nitrogens with one attached hydrogen (secondary N) is 1. The number of halogens is 2. The van der Waals surface area contributed by atoms with Crippen molar-refractivity contribution in [3.05, 3.63) is 63.6 Å². The Labute approximate surface area is 129 Å². The molecular weight excluding hydrogens is 366 g/mol. The fourth-order valence-electron chi connectivity index (χ4n) is 1.50. The third kappa shape index (κ3) is 3.39. The van der Waals surface area contributed by atoms with Crippen molar-refractivity contribution in [3.63, 3.8) is 0 Å². The zero-order valence-corrected chi connectivity index (χ0v) is 13.2. The maximum absolute atomic E-state index is 12.0. The highest BCUT2D eigenvalue weighted by Crippen LogP contribution is 2.17. The molecule has 20 heavy (non-hydrogen) atoms. The van der Waals surface area contributed by atoms with Crippen LogP contribution in [0.2, 0.25) is 5.02 Å². The van der Waals surface area contributed by atoms with Gasteiger partial charge in [-0.1, -0.05) is 39.7 Å². The second-order valence-corrected chi connectivity index (χ2v) is 6.87. The number of carbonyl (C=O) groups is 1. The molecule has 104 valence electrons. The second-order valence-electron chi connectivity index (χ2n) is 3.87. The minimum absolute atomic E-state index is 0.00102. The van der Waals surface area contributed by atoms with Gasteiger partial charge in [0.1, 0.15) is 0 Å². The molecule has 1 amide bonds. The van der Waals surface area contributed by atoms with Crippen LogP contribution in [-0.4, -0.2) is 14.3 Å². The topological polar surface area (TPSA) is 63.2 Å². The van der Waals surface area contributed by atoms with E-state index in [1.165, 1.54) is 24.3 Å². The van der Waals surface area contributed by atoms with E-state index in [0.29, 0.717) is 0 Å². The minimum atomic E-state index is -3.92. The van der Waals surface area contributed by atoms with Gasteiger partial charge in [0, 0.05) is 4.47 Å². The van der Waals surface area contributed by atoms with Crippen LogP contribution in [0.25, 0.3) is 0 Å². The molecule has 0 bridgehead atoms. The number of rotatable bonds is 3. The van der Waals surface area contributed by atoms with E-state index in [0.717, 1.165) is 4.47 Å². The number of hydrogen-bond donors (Lipinski definition) is 1. The van der Waals surface area contributed by atoms with Crippen LogP contribution >= 0.6 is 27.5 Å². The van der Waals surface area contributed by atoms with Crippen molar-refractivity contribution in [2.75, 3.05) is 0 Å². The highest BCUT2D eigenvalue weighted by Gasteiger charge is 2.19. The zero-order valence-electron chi connectivity index (χ0n) is 10.0. The van der Waals surface area contributed by atoms with Crippen LogP contribution in [0, 0.1) is 0 Å². The monoisotopic (exact) mass is 373 g/mol. The second kappa shape index (κ2) is 5.95. The highest BCUT2D eigenvalue weighted by atomic mass is 79.9. The summed E-state index contributed by atoms with van der Waals surface area (Å²) in [7, 11) is -3.92. The zero-order chi connectivity index (χ0) is 14.8. The van der Waals surface area contributed by atoms with Gasteiger partial charge in [-0.05, 0) is 36.4 Å². The quantitative estimate of drug-likeness (QED) is 0.897. The van der Waals surface area contributed by atoms with Crippen LogP contribution in [0.15, 0.2) is 57.9 Å². The van der Waals surface area contributed by atoms with Gasteiger partial charge >= 0.3 is 0 Å². The van der Waals surface area contributed by atoms with Gasteiger partial charge < -0.3 is 0 Å². The Morgan fingerprint density at radius 2 is 1.65 bits per heavy atom. The molecule has 7 heteroatoms. The molecule has 0 spiro atoms. The molecule has 0 fully saturated rings.